The van der Waals surface area contributed by atoms with Crippen molar-refractivity contribution in [3.05, 3.63) is 38.9 Å². The summed E-state index contributed by atoms with van der Waals surface area (Å²) in [6.07, 6.45) is 4.89. The van der Waals surface area contributed by atoms with Crippen molar-refractivity contribution in [1.82, 2.24) is 0 Å². The molecular weight excluding hydrogens is 218 g/mol. The highest BCUT2D eigenvalue weighted by Gasteiger charge is 2.10. The van der Waals surface area contributed by atoms with Gasteiger partial charge in [0.25, 0.3) is 5.69 Å². The summed E-state index contributed by atoms with van der Waals surface area (Å²) < 4.78 is 0. The van der Waals surface area contributed by atoms with E-state index in [-0.39, 0.29) is 17.1 Å². The number of rotatable bonds is 3. The predicted molar refractivity (Wildman–Crippen MR) is 55.7 cm³/mol. The molecule has 0 heterocycles. The number of non-ortho nitro benzene ring substituents is 1. The van der Waals surface area contributed by atoms with Gasteiger partial charge in [0.15, 0.2) is 0 Å². The maximum absolute atomic E-state index is 10.9. The first-order chi connectivity index (χ1) is 7.04. The summed E-state index contributed by atoms with van der Waals surface area (Å²) >= 11 is 5.75. The predicted octanol–water partition coefficient (Wildman–Crippen LogP) is 1.99. The summed E-state index contributed by atoms with van der Waals surface area (Å²) in [4.78, 5) is 20.8. The van der Waals surface area contributed by atoms with Crippen LogP contribution in [-0.2, 0) is 11.2 Å². The number of nitro groups is 1. The van der Waals surface area contributed by atoms with Crippen LogP contribution < -0.4 is 0 Å². The zero-order valence-electron chi connectivity index (χ0n) is 7.57. The molecule has 4 nitrogen and oxygen atoms in total. The van der Waals surface area contributed by atoms with E-state index in [0.717, 1.165) is 0 Å². The lowest BCUT2D eigenvalue weighted by Crippen LogP contribution is -1.99. The molecule has 76 valence electrons. The number of Topliss-reactive ketones (excluding diaryl/α,β-unsaturated/α-hetero) is 1. The fourth-order valence-electron chi connectivity index (χ4n) is 1.02. The molecule has 0 saturated carbocycles. The van der Waals surface area contributed by atoms with E-state index in [9.17, 15) is 14.9 Å². The summed E-state index contributed by atoms with van der Waals surface area (Å²) in [7, 11) is 0. The third-order valence-corrected chi connectivity index (χ3v) is 2.11. The Morgan fingerprint density at radius 2 is 2.27 bits per heavy atom. The molecule has 0 aliphatic rings. The lowest BCUT2D eigenvalue weighted by molar-refractivity contribution is -0.384. The number of halogens is 1. The monoisotopic (exact) mass is 223 g/mol. The Bertz CT molecular complexity index is 462. The first-order valence-electron chi connectivity index (χ1n) is 3.97. The fraction of sp³-hybridized carbons (Fsp3) is 0.100. The molecule has 0 N–H and O–H groups in total. The lowest BCUT2D eigenvalue weighted by Gasteiger charge is -2.00. The molecule has 0 atom stereocenters. The summed E-state index contributed by atoms with van der Waals surface area (Å²) in [6.45, 7) is 0. The number of nitrogens with zero attached hydrogens (tertiary/aromatic N) is 1. The van der Waals surface area contributed by atoms with E-state index in [0.29, 0.717) is 5.56 Å². The number of carbonyl (C=O) groups excluding carboxylic acids is 1. The highest BCUT2D eigenvalue weighted by atomic mass is 35.5. The minimum Gasteiger partial charge on any atom is -0.285 e. The molecule has 0 amide bonds. The highest BCUT2D eigenvalue weighted by molar-refractivity contribution is 6.31. The van der Waals surface area contributed by atoms with Gasteiger partial charge in [-0.2, -0.15) is 0 Å². The van der Waals surface area contributed by atoms with E-state index in [4.69, 9.17) is 18.0 Å². The minimum absolute atomic E-state index is 0.00662. The van der Waals surface area contributed by atoms with Gasteiger partial charge in [0.2, 0.25) is 5.78 Å². The van der Waals surface area contributed by atoms with Crippen molar-refractivity contribution >= 4 is 23.1 Å². The smallest absolute Gasteiger partial charge is 0.270 e. The van der Waals surface area contributed by atoms with Gasteiger partial charge in [-0.15, -0.1) is 6.42 Å². The molecule has 0 aliphatic heterocycles. The van der Waals surface area contributed by atoms with Crippen LogP contribution in [0.4, 0.5) is 5.69 Å². The second-order valence-corrected chi connectivity index (χ2v) is 3.18. The topological polar surface area (TPSA) is 60.2 Å². The number of ketones is 1. The first kappa shape index (κ1) is 11.2. The summed E-state index contributed by atoms with van der Waals surface area (Å²) in [6, 6.07) is 3.90. The van der Waals surface area contributed by atoms with Gasteiger partial charge in [-0.25, -0.2) is 0 Å². The molecule has 0 unspecified atom stereocenters. The Balaban J connectivity index is 2.99. The normalized spacial score (nSPS) is 9.33. The van der Waals surface area contributed by atoms with Crippen LogP contribution in [0.2, 0.25) is 5.02 Å². The van der Waals surface area contributed by atoms with Crippen molar-refractivity contribution in [3.8, 4) is 12.3 Å². The van der Waals surface area contributed by atoms with Gasteiger partial charge in [-0.3, -0.25) is 14.9 Å². The molecule has 0 bridgehead atoms. The second kappa shape index (κ2) is 4.58. The molecule has 0 fully saturated rings. The summed E-state index contributed by atoms with van der Waals surface area (Å²) in [5, 5.41) is 10.6. The lowest BCUT2D eigenvalue weighted by atomic mass is 10.1. The Morgan fingerprint density at radius 3 is 2.73 bits per heavy atom. The van der Waals surface area contributed by atoms with Crippen LogP contribution in [0.1, 0.15) is 5.56 Å². The van der Waals surface area contributed by atoms with E-state index < -0.39 is 10.7 Å². The Kier molecular flexibility index (Phi) is 3.42. The van der Waals surface area contributed by atoms with Crippen LogP contribution in [0, 0.1) is 22.5 Å². The molecule has 1 rings (SSSR count). The minimum atomic E-state index is -0.557. The number of benzene rings is 1. The quantitative estimate of drug-likeness (QED) is 0.341. The first-order valence-corrected chi connectivity index (χ1v) is 4.34. The van der Waals surface area contributed by atoms with Crippen molar-refractivity contribution < 1.29 is 9.72 Å². The van der Waals surface area contributed by atoms with Gasteiger partial charge in [0, 0.05) is 18.6 Å². The molecule has 1 aromatic carbocycles. The number of nitro benzene ring substituents is 1. The number of carbonyl (C=O) groups is 1. The molecule has 0 saturated heterocycles. The van der Waals surface area contributed by atoms with E-state index in [1.54, 1.807) is 0 Å². The van der Waals surface area contributed by atoms with Gasteiger partial charge in [-0.1, -0.05) is 17.7 Å². The molecule has 0 aromatic heterocycles. The molecule has 0 aliphatic carbocycles. The average molecular weight is 224 g/mol. The Labute approximate surface area is 91.0 Å². The maximum atomic E-state index is 10.9. The number of terminal acetylenes is 1. The van der Waals surface area contributed by atoms with Crippen molar-refractivity contribution in [3.63, 3.8) is 0 Å². The van der Waals surface area contributed by atoms with Crippen LogP contribution in [0.5, 0.6) is 0 Å². The van der Waals surface area contributed by atoms with Gasteiger partial charge < -0.3 is 0 Å². The van der Waals surface area contributed by atoms with Crippen molar-refractivity contribution in [2.75, 3.05) is 0 Å². The molecule has 5 heteroatoms. The van der Waals surface area contributed by atoms with Crippen molar-refractivity contribution in [2.24, 2.45) is 0 Å². The summed E-state index contributed by atoms with van der Waals surface area (Å²) in [5.74, 6) is 1.54. The fourth-order valence-corrected chi connectivity index (χ4v) is 1.26. The van der Waals surface area contributed by atoms with Gasteiger partial charge in [-0.05, 0) is 11.5 Å². The number of hydrogen-bond donors (Lipinski definition) is 0. The summed E-state index contributed by atoms with van der Waals surface area (Å²) in [5.41, 5.74) is 0.377. The Morgan fingerprint density at radius 1 is 1.60 bits per heavy atom. The molecule has 0 radical (unpaired) electrons. The van der Waals surface area contributed by atoms with Crippen molar-refractivity contribution in [1.29, 1.82) is 0 Å². The highest BCUT2D eigenvalue weighted by Crippen LogP contribution is 2.22. The average Bonchev–Trinajstić information content (AvgIpc) is 2.20. The Hall–Kier alpha value is -1.86. The standard InChI is InChI=1S/C10H6ClNO3/c1-2-9(13)5-7-3-4-8(12(14)15)6-10(7)11/h1,3-4,6H,5H2. The van der Waals surface area contributed by atoms with E-state index >= 15 is 0 Å². The second-order valence-electron chi connectivity index (χ2n) is 2.78. The molecule has 15 heavy (non-hydrogen) atoms. The van der Waals surface area contributed by atoms with Crippen LogP contribution >= 0.6 is 11.6 Å². The van der Waals surface area contributed by atoms with Crippen molar-refractivity contribution in [2.45, 2.75) is 6.42 Å². The largest absolute Gasteiger partial charge is 0.285 e. The van der Waals surface area contributed by atoms with E-state index in [2.05, 4.69) is 0 Å². The third kappa shape index (κ3) is 2.79. The maximum Gasteiger partial charge on any atom is 0.270 e. The molecular formula is C10H6ClNO3. The zero-order valence-corrected chi connectivity index (χ0v) is 8.32. The van der Waals surface area contributed by atoms with Crippen LogP contribution in [0.25, 0.3) is 0 Å². The van der Waals surface area contributed by atoms with E-state index in [1.807, 2.05) is 5.92 Å². The zero-order chi connectivity index (χ0) is 11.4. The van der Waals surface area contributed by atoms with Gasteiger partial charge >= 0.3 is 0 Å². The molecule has 1 aromatic rings. The molecule has 0 spiro atoms. The van der Waals surface area contributed by atoms with Crippen LogP contribution in [0.15, 0.2) is 18.2 Å². The van der Waals surface area contributed by atoms with Crippen LogP contribution in [0.3, 0.4) is 0 Å². The van der Waals surface area contributed by atoms with E-state index in [1.165, 1.54) is 18.2 Å². The van der Waals surface area contributed by atoms with Crippen LogP contribution in [-0.4, -0.2) is 10.7 Å². The van der Waals surface area contributed by atoms with Gasteiger partial charge in [0.1, 0.15) is 0 Å². The SMILES string of the molecule is C#CC(=O)Cc1ccc([N+](=O)[O-])cc1Cl. The third-order valence-electron chi connectivity index (χ3n) is 1.76. The van der Waals surface area contributed by atoms with Gasteiger partial charge in [0.05, 0.1) is 9.95 Å². The number of hydrogen-bond acceptors (Lipinski definition) is 3.